The van der Waals surface area contributed by atoms with Crippen molar-refractivity contribution >= 4 is 9.84 Å². The van der Waals surface area contributed by atoms with Gasteiger partial charge in [0.05, 0.1) is 4.90 Å². The molecule has 1 N–H and O–H groups in total. The van der Waals surface area contributed by atoms with E-state index >= 15 is 0 Å². The number of sulfone groups is 1. The monoisotopic (exact) mass is 303 g/mol. The Morgan fingerprint density at radius 3 is 2.19 bits per heavy atom. The molecule has 0 radical (unpaired) electrons. The van der Waals surface area contributed by atoms with Crippen LogP contribution >= 0.6 is 0 Å². The predicted octanol–water partition coefficient (Wildman–Crippen LogP) is 2.90. The van der Waals surface area contributed by atoms with E-state index in [0.717, 1.165) is 12.0 Å². The van der Waals surface area contributed by atoms with Crippen molar-refractivity contribution in [3.63, 3.8) is 0 Å². The Morgan fingerprint density at radius 2 is 1.67 bits per heavy atom. The molecule has 112 valence electrons. The Balaban J connectivity index is 2.24. The molecule has 1 unspecified atom stereocenters. The van der Waals surface area contributed by atoms with Gasteiger partial charge in [-0.2, -0.15) is 0 Å². The Labute approximate surface area is 126 Å². The second kappa shape index (κ2) is 6.41. The van der Waals surface area contributed by atoms with Crippen LogP contribution in [-0.4, -0.2) is 21.7 Å². The van der Waals surface area contributed by atoms with Crippen molar-refractivity contribution in [1.29, 1.82) is 0 Å². The fourth-order valence-electron chi connectivity index (χ4n) is 2.39. The number of rotatable bonds is 5. The molecule has 4 heteroatoms. The predicted molar refractivity (Wildman–Crippen MR) is 86.2 cm³/mol. The maximum absolute atomic E-state index is 11.5. The van der Waals surface area contributed by atoms with Gasteiger partial charge in [0, 0.05) is 12.3 Å². The Bertz CT molecular complexity index is 706. The van der Waals surface area contributed by atoms with Crippen LogP contribution < -0.4 is 5.32 Å². The SMILES string of the molecule is CNC(Cc1ccccc1C)c1ccc(S(C)(=O)=O)cc1. The van der Waals surface area contributed by atoms with E-state index in [2.05, 4.69) is 24.4 Å². The fourth-order valence-corrected chi connectivity index (χ4v) is 3.02. The molecule has 0 aliphatic carbocycles. The first-order valence-electron chi connectivity index (χ1n) is 6.93. The highest BCUT2D eigenvalue weighted by atomic mass is 32.2. The van der Waals surface area contributed by atoms with Crippen molar-refractivity contribution in [2.75, 3.05) is 13.3 Å². The van der Waals surface area contributed by atoms with Crippen LogP contribution in [0.4, 0.5) is 0 Å². The summed E-state index contributed by atoms with van der Waals surface area (Å²) in [5.74, 6) is 0. The normalized spacial score (nSPS) is 13.1. The molecule has 0 saturated heterocycles. The number of hydrogen-bond acceptors (Lipinski definition) is 3. The zero-order valence-corrected chi connectivity index (χ0v) is 13.4. The van der Waals surface area contributed by atoms with Crippen LogP contribution in [0.1, 0.15) is 22.7 Å². The third kappa shape index (κ3) is 3.93. The van der Waals surface area contributed by atoms with E-state index in [4.69, 9.17) is 0 Å². The summed E-state index contributed by atoms with van der Waals surface area (Å²) in [7, 11) is -1.21. The number of benzene rings is 2. The molecule has 2 aromatic carbocycles. The highest BCUT2D eigenvalue weighted by Crippen LogP contribution is 2.21. The van der Waals surface area contributed by atoms with Gasteiger partial charge in [0.2, 0.25) is 0 Å². The molecule has 2 aromatic rings. The van der Waals surface area contributed by atoms with Crippen molar-refractivity contribution in [2.24, 2.45) is 0 Å². The zero-order chi connectivity index (χ0) is 15.5. The smallest absolute Gasteiger partial charge is 0.175 e. The lowest BCUT2D eigenvalue weighted by Gasteiger charge is -2.18. The van der Waals surface area contributed by atoms with Gasteiger partial charge in [0.1, 0.15) is 0 Å². The molecular formula is C17H21NO2S. The van der Waals surface area contributed by atoms with Crippen molar-refractivity contribution in [1.82, 2.24) is 5.32 Å². The van der Waals surface area contributed by atoms with Gasteiger partial charge in [0.15, 0.2) is 9.84 Å². The van der Waals surface area contributed by atoms with Gasteiger partial charge in [-0.15, -0.1) is 0 Å². The highest BCUT2D eigenvalue weighted by Gasteiger charge is 2.13. The number of aryl methyl sites for hydroxylation is 1. The third-order valence-corrected chi connectivity index (χ3v) is 4.87. The molecule has 0 fully saturated rings. The van der Waals surface area contributed by atoms with E-state index in [-0.39, 0.29) is 6.04 Å². The summed E-state index contributed by atoms with van der Waals surface area (Å²) in [6.07, 6.45) is 2.10. The summed E-state index contributed by atoms with van der Waals surface area (Å²) >= 11 is 0. The molecule has 0 bridgehead atoms. The van der Waals surface area contributed by atoms with E-state index in [1.165, 1.54) is 17.4 Å². The van der Waals surface area contributed by atoms with Crippen molar-refractivity contribution in [3.8, 4) is 0 Å². The molecule has 0 aliphatic heterocycles. The minimum Gasteiger partial charge on any atom is -0.313 e. The molecule has 0 saturated carbocycles. The highest BCUT2D eigenvalue weighted by molar-refractivity contribution is 7.90. The van der Waals surface area contributed by atoms with Crippen LogP contribution in [0.2, 0.25) is 0 Å². The topological polar surface area (TPSA) is 46.2 Å². The number of nitrogens with one attached hydrogen (secondary N) is 1. The first kappa shape index (κ1) is 15.7. The molecule has 3 nitrogen and oxygen atoms in total. The average Bonchev–Trinajstić information content (AvgIpc) is 2.46. The summed E-state index contributed by atoms with van der Waals surface area (Å²) < 4.78 is 23.0. The summed E-state index contributed by atoms with van der Waals surface area (Å²) in [5.41, 5.74) is 3.66. The van der Waals surface area contributed by atoms with Crippen LogP contribution in [0.5, 0.6) is 0 Å². The molecule has 21 heavy (non-hydrogen) atoms. The van der Waals surface area contributed by atoms with E-state index in [0.29, 0.717) is 4.90 Å². The second-order valence-electron chi connectivity index (χ2n) is 5.31. The van der Waals surface area contributed by atoms with E-state index < -0.39 is 9.84 Å². The Morgan fingerprint density at radius 1 is 1.05 bits per heavy atom. The first-order chi connectivity index (χ1) is 9.91. The van der Waals surface area contributed by atoms with Gasteiger partial charge < -0.3 is 5.32 Å². The van der Waals surface area contributed by atoms with Gasteiger partial charge in [0.25, 0.3) is 0 Å². The van der Waals surface area contributed by atoms with Gasteiger partial charge in [-0.25, -0.2) is 8.42 Å². The standard InChI is InChI=1S/C17H21NO2S/c1-13-6-4-5-7-15(13)12-17(18-2)14-8-10-16(11-9-14)21(3,19)20/h4-11,17-18H,12H2,1-3H3. The molecule has 0 spiro atoms. The Kier molecular flexibility index (Phi) is 4.80. The third-order valence-electron chi connectivity index (χ3n) is 3.74. The van der Waals surface area contributed by atoms with Crippen molar-refractivity contribution in [3.05, 3.63) is 65.2 Å². The summed E-state index contributed by atoms with van der Waals surface area (Å²) in [6, 6.07) is 15.6. The van der Waals surface area contributed by atoms with Gasteiger partial charge in [-0.3, -0.25) is 0 Å². The fraction of sp³-hybridized carbons (Fsp3) is 0.294. The van der Waals surface area contributed by atoms with Crippen LogP contribution in [0.25, 0.3) is 0 Å². The van der Waals surface area contributed by atoms with Crippen LogP contribution in [0, 0.1) is 6.92 Å². The quantitative estimate of drug-likeness (QED) is 0.924. The Hall–Kier alpha value is -1.65. The minimum atomic E-state index is -3.14. The van der Waals surface area contributed by atoms with E-state index in [9.17, 15) is 8.42 Å². The van der Waals surface area contributed by atoms with Crippen LogP contribution in [0.3, 0.4) is 0 Å². The van der Waals surface area contributed by atoms with Crippen molar-refractivity contribution < 1.29 is 8.42 Å². The van der Waals surface area contributed by atoms with Gasteiger partial charge in [-0.05, 0) is 49.2 Å². The molecule has 0 aromatic heterocycles. The zero-order valence-electron chi connectivity index (χ0n) is 12.6. The lowest BCUT2D eigenvalue weighted by molar-refractivity contribution is 0.589. The summed E-state index contributed by atoms with van der Waals surface area (Å²) in [5, 5.41) is 3.30. The lowest BCUT2D eigenvalue weighted by atomic mass is 9.96. The van der Waals surface area contributed by atoms with Gasteiger partial charge >= 0.3 is 0 Å². The summed E-state index contributed by atoms with van der Waals surface area (Å²) in [4.78, 5) is 0.358. The molecule has 0 aliphatic rings. The molecule has 1 atom stereocenters. The number of hydrogen-bond donors (Lipinski definition) is 1. The second-order valence-corrected chi connectivity index (χ2v) is 7.33. The number of likely N-dealkylation sites (N-methyl/N-ethyl adjacent to an activating group) is 1. The van der Waals surface area contributed by atoms with Gasteiger partial charge in [-0.1, -0.05) is 36.4 Å². The molecule has 2 rings (SSSR count). The summed E-state index contributed by atoms with van der Waals surface area (Å²) in [6.45, 7) is 2.11. The maximum Gasteiger partial charge on any atom is 0.175 e. The molecule has 0 amide bonds. The van der Waals surface area contributed by atoms with Crippen LogP contribution in [-0.2, 0) is 16.3 Å². The maximum atomic E-state index is 11.5. The average molecular weight is 303 g/mol. The minimum absolute atomic E-state index is 0.166. The lowest BCUT2D eigenvalue weighted by Crippen LogP contribution is -2.19. The molecule has 0 heterocycles. The van der Waals surface area contributed by atoms with Crippen LogP contribution in [0.15, 0.2) is 53.4 Å². The van der Waals surface area contributed by atoms with Crippen molar-refractivity contribution in [2.45, 2.75) is 24.3 Å². The van der Waals surface area contributed by atoms with E-state index in [1.807, 2.05) is 31.3 Å². The largest absolute Gasteiger partial charge is 0.313 e. The van der Waals surface area contributed by atoms with E-state index in [1.54, 1.807) is 12.1 Å². The molecular weight excluding hydrogens is 282 g/mol. The first-order valence-corrected chi connectivity index (χ1v) is 8.82.